The zero-order chi connectivity index (χ0) is 12.1. The molecule has 2 N–H and O–H groups in total. The fourth-order valence-electron chi connectivity index (χ4n) is 1.47. The minimum absolute atomic E-state index is 0.0952. The highest BCUT2D eigenvalue weighted by Crippen LogP contribution is 2.20. The van der Waals surface area contributed by atoms with E-state index in [9.17, 15) is 4.79 Å². The Kier molecular flexibility index (Phi) is 3.88. The summed E-state index contributed by atoms with van der Waals surface area (Å²) in [4.78, 5) is 15.8. The fourth-order valence-corrected chi connectivity index (χ4v) is 2.13. The molecule has 1 aromatic carbocycles. The third-order valence-electron chi connectivity index (χ3n) is 2.28. The molecule has 0 saturated heterocycles. The number of hydrogen-bond donors (Lipinski definition) is 2. The van der Waals surface area contributed by atoms with Crippen LogP contribution >= 0.6 is 11.8 Å². The molecule has 1 aromatic heterocycles. The molecule has 17 heavy (non-hydrogen) atoms. The van der Waals surface area contributed by atoms with E-state index >= 15 is 0 Å². The highest BCUT2D eigenvalue weighted by atomic mass is 32.2. The van der Waals surface area contributed by atoms with E-state index in [-0.39, 0.29) is 5.91 Å². The van der Waals surface area contributed by atoms with Crippen molar-refractivity contribution in [3.8, 4) is 0 Å². The standard InChI is InChI=1S/C13H14N2OS/c1-2-17-12-5-3-11(4-6-12)15-13(16)10-7-8-14-9-10/h3-9,14H,2H2,1H3,(H,15,16). The lowest BCUT2D eigenvalue weighted by Gasteiger charge is -2.04. The number of rotatable bonds is 4. The summed E-state index contributed by atoms with van der Waals surface area (Å²) in [5.74, 6) is 0.955. The minimum atomic E-state index is -0.0952. The Morgan fingerprint density at radius 2 is 2.06 bits per heavy atom. The van der Waals surface area contributed by atoms with Crippen LogP contribution in [-0.2, 0) is 0 Å². The Balaban J connectivity index is 2.01. The van der Waals surface area contributed by atoms with Gasteiger partial charge in [0.1, 0.15) is 0 Å². The fraction of sp³-hybridized carbons (Fsp3) is 0.154. The van der Waals surface area contributed by atoms with Gasteiger partial charge in [0.05, 0.1) is 5.56 Å². The van der Waals surface area contributed by atoms with Gasteiger partial charge < -0.3 is 10.3 Å². The van der Waals surface area contributed by atoms with E-state index < -0.39 is 0 Å². The maximum Gasteiger partial charge on any atom is 0.257 e. The van der Waals surface area contributed by atoms with Gasteiger partial charge in [-0.15, -0.1) is 11.8 Å². The molecule has 0 bridgehead atoms. The molecule has 2 rings (SSSR count). The van der Waals surface area contributed by atoms with Crippen LogP contribution in [0.15, 0.2) is 47.6 Å². The normalized spacial score (nSPS) is 10.2. The SMILES string of the molecule is CCSc1ccc(NC(=O)c2cc[nH]c2)cc1. The number of nitrogens with one attached hydrogen (secondary N) is 2. The van der Waals surface area contributed by atoms with Gasteiger partial charge in [0.2, 0.25) is 0 Å². The third-order valence-corrected chi connectivity index (χ3v) is 3.18. The molecule has 0 radical (unpaired) electrons. The number of hydrogen-bond acceptors (Lipinski definition) is 2. The Bertz CT molecular complexity index is 477. The van der Waals surface area contributed by atoms with Gasteiger partial charge in [0, 0.05) is 23.0 Å². The van der Waals surface area contributed by atoms with Gasteiger partial charge in [-0.05, 0) is 36.1 Å². The van der Waals surface area contributed by atoms with Gasteiger partial charge in [-0.2, -0.15) is 0 Å². The van der Waals surface area contributed by atoms with Crippen LogP contribution in [0.3, 0.4) is 0 Å². The van der Waals surface area contributed by atoms with Gasteiger partial charge in [-0.25, -0.2) is 0 Å². The smallest absolute Gasteiger partial charge is 0.257 e. The molecule has 0 saturated carbocycles. The number of carbonyl (C=O) groups is 1. The van der Waals surface area contributed by atoms with Crippen LogP contribution in [0.2, 0.25) is 0 Å². The first-order valence-electron chi connectivity index (χ1n) is 5.46. The maximum absolute atomic E-state index is 11.7. The summed E-state index contributed by atoms with van der Waals surface area (Å²) in [6, 6.07) is 9.61. The molecule has 0 aliphatic rings. The van der Waals surface area contributed by atoms with E-state index in [1.165, 1.54) is 4.90 Å². The van der Waals surface area contributed by atoms with Crippen LogP contribution in [0, 0.1) is 0 Å². The zero-order valence-electron chi connectivity index (χ0n) is 9.57. The molecular weight excluding hydrogens is 232 g/mol. The Labute approximate surface area is 105 Å². The molecule has 0 unspecified atom stereocenters. The second-order valence-corrected chi connectivity index (χ2v) is 4.85. The van der Waals surface area contributed by atoms with Crippen LogP contribution in [0.25, 0.3) is 0 Å². The molecule has 3 nitrogen and oxygen atoms in total. The number of aromatic amines is 1. The summed E-state index contributed by atoms with van der Waals surface area (Å²) in [5.41, 5.74) is 1.45. The van der Waals surface area contributed by atoms with Crippen molar-refractivity contribution in [2.45, 2.75) is 11.8 Å². The summed E-state index contributed by atoms with van der Waals surface area (Å²) < 4.78 is 0. The van der Waals surface area contributed by atoms with Crippen LogP contribution in [0.1, 0.15) is 17.3 Å². The monoisotopic (exact) mass is 246 g/mol. The van der Waals surface area contributed by atoms with Crippen molar-refractivity contribution in [2.75, 3.05) is 11.1 Å². The summed E-state index contributed by atoms with van der Waals surface area (Å²) in [7, 11) is 0. The van der Waals surface area contributed by atoms with Crippen LogP contribution < -0.4 is 5.32 Å². The molecular formula is C13H14N2OS. The van der Waals surface area contributed by atoms with Crippen LogP contribution in [-0.4, -0.2) is 16.6 Å². The molecule has 0 spiro atoms. The Morgan fingerprint density at radius 1 is 1.29 bits per heavy atom. The third kappa shape index (κ3) is 3.14. The number of benzene rings is 1. The van der Waals surface area contributed by atoms with Crippen molar-refractivity contribution in [1.82, 2.24) is 4.98 Å². The predicted molar refractivity (Wildman–Crippen MR) is 71.6 cm³/mol. The highest BCUT2D eigenvalue weighted by molar-refractivity contribution is 7.99. The molecule has 2 aromatic rings. The summed E-state index contributed by atoms with van der Waals surface area (Å²) in [6.45, 7) is 2.12. The first-order chi connectivity index (χ1) is 8.29. The van der Waals surface area contributed by atoms with Gasteiger partial charge in [-0.3, -0.25) is 4.79 Å². The Morgan fingerprint density at radius 3 is 2.65 bits per heavy atom. The first kappa shape index (κ1) is 11.8. The molecule has 0 aliphatic heterocycles. The van der Waals surface area contributed by atoms with E-state index in [1.807, 2.05) is 24.3 Å². The lowest BCUT2D eigenvalue weighted by molar-refractivity contribution is 0.102. The lowest BCUT2D eigenvalue weighted by Crippen LogP contribution is -2.10. The molecule has 1 amide bonds. The summed E-state index contributed by atoms with van der Waals surface area (Å²) in [5, 5.41) is 2.85. The number of thioether (sulfide) groups is 1. The number of H-pyrrole nitrogens is 1. The second kappa shape index (κ2) is 5.59. The summed E-state index contributed by atoms with van der Waals surface area (Å²) in [6.07, 6.45) is 3.41. The average molecular weight is 246 g/mol. The van der Waals surface area contributed by atoms with E-state index in [0.29, 0.717) is 5.56 Å². The van der Waals surface area contributed by atoms with Gasteiger partial charge >= 0.3 is 0 Å². The van der Waals surface area contributed by atoms with Gasteiger partial charge in [-0.1, -0.05) is 6.92 Å². The van der Waals surface area contributed by atoms with Crippen LogP contribution in [0.5, 0.6) is 0 Å². The number of anilines is 1. The van der Waals surface area contributed by atoms with Crippen molar-refractivity contribution >= 4 is 23.4 Å². The summed E-state index contributed by atoms with van der Waals surface area (Å²) >= 11 is 1.78. The zero-order valence-corrected chi connectivity index (χ0v) is 10.4. The molecule has 0 aliphatic carbocycles. The van der Waals surface area contributed by atoms with E-state index in [0.717, 1.165) is 11.4 Å². The number of amides is 1. The molecule has 0 atom stereocenters. The molecule has 4 heteroatoms. The van der Waals surface area contributed by atoms with Crippen molar-refractivity contribution in [2.24, 2.45) is 0 Å². The van der Waals surface area contributed by atoms with E-state index in [4.69, 9.17) is 0 Å². The quantitative estimate of drug-likeness (QED) is 0.812. The number of carbonyl (C=O) groups excluding carboxylic acids is 1. The minimum Gasteiger partial charge on any atom is -0.367 e. The van der Waals surface area contributed by atoms with Crippen molar-refractivity contribution < 1.29 is 4.79 Å². The maximum atomic E-state index is 11.7. The van der Waals surface area contributed by atoms with E-state index in [1.54, 1.807) is 30.2 Å². The lowest BCUT2D eigenvalue weighted by atomic mass is 10.3. The molecule has 0 fully saturated rings. The van der Waals surface area contributed by atoms with Crippen LogP contribution in [0.4, 0.5) is 5.69 Å². The van der Waals surface area contributed by atoms with Gasteiger partial charge in [0.15, 0.2) is 0 Å². The highest BCUT2D eigenvalue weighted by Gasteiger charge is 2.05. The average Bonchev–Trinajstić information content (AvgIpc) is 2.86. The number of aromatic nitrogens is 1. The largest absolute Gasteiger partial charge is 0.367 e. The molecule has 88 valence electrons. The second-order valence-electron chi connectivity index (χ2n) is 3.51. The van der Waals surface area contributed by atoms with Crippen molar-refractivity contribution in [3.63, 3.8) is 0 Å². The topological polar surface area (TPSA) is 44.9 Å². The molecule has 1 heterocycles. The predicted octanol–water partition coefficient (Wildman–Crippen LogP) is 3.38. The van der Waals surface area contributed by atoms with Crippen molar-refractivity contribution in [1.29, 1.82) is 0 Å². The van der Waals surface area contributed by atoms with Gasteiger partial charge in [0.25, 0.3) is 5.91 Å². The first-order valence-corrected chi connectivity index (χ1v) is 6.45. The Hall–Kier alpha value is -1.68. The van der Waals surface area contributed by atoms with E-state index in [2.05, 4.69) is 17.2 Å². The van der Waals surface area contributed by atoms with Crippen molar-refractivity contribution in [3.05, 3.63) is 48.3 Å².